The van der Waals surface area contributed by atoms with E-state index in [1.165, 1.54) is 22.7 Å². The number of benzene rings is 2. The predicted molar refractivity (Wildman–Crippen MR) is 198 cm³/mol. The Labute approximate surface area is 311 Å². The molecule has 0 bridgehead atoms. The number of thiazole rings is 2. The Bertz CT molecular complexity index is 1550. The van der Waals surface area contributed by atoms with Gasteiger partial charge in [-0.25, -0.2) is 19.6 Å². The van der Waals surface area contributed by atoms with Crippen molar-refractivity contribution in [2.75, 3.05) is 0 Å². The van der Waals surface area contributed by atoms with Gasteiger partial charge in [0.05, 0.1) is 18.2 Å². The second-order valence-corrected chi connectivity index (χ2v) is 14.8. The number of ether oxygens (including phenoxy) is 2. The molecule has 4 aromatic rings. The maximum Gasteiger partial charge on any atom is 0.408 e. The number of carbonyl (C=O) groups is 4. The number of amides is 4. The predicted octanol–water partition coefficient (Wildman–Crippen LogP) is 4.62. The largest absolute Gasteiger partial charge is 0.442 e. The zero-order valence-electron chi connectivity index (χ0n) is 29.6. The summed E-state index contributed by atoms with van der Waals surface area (Å²) in [5.74, 6) is -1.74. The third kappa shape index (κ3) is 12.7. The molecule has 15 heteroatoms. The molecule has 4 amide bonds. The van der Waals surface area contributed by atoms with Crippen LogP contribution in [0.4, 0.5) is 9.59 Å². The molecular weight excluding hydrogens is 705 g/mol. The van der Waals surface area contributed by atoms with E-state index in [9.17, 15) is 24.3 Å². The first-order chi connectivity index (χ1) is 25.0. The van der Waals surface area contributed by atoms with Crippen LogP contribution in [0.15, 0.2) is 83.8 Å². The molecule has 52 heavy (non-hydrogen) atoms. The fraction of sp³-hybridized carbons (Fsp3) is 0.405. The molecular formula is C37H46N6O7S2. The van der Waals surface area contributed by atoms with Crippen molar-refractivity contribution in [1.82, 2.24) is 31.2 Å². The molecule has 2 aromatic heterocycles. The van der Waals surface area contributed by atoms with Gasteiger partial charge in [0.1, 0.15) is 35.3 Å². The number of aliphatic hydroxyl groups is 1. The number of alkyl carbamates (subject to hydrolysis) is 2. The normalized spacial score (nSPS) is 14.1. The van der Waals surface area contributed by atoms with E-state index in [1.54, 1.807) is 50.8 Å². The number of hydrogen-bond acceptors (Lipinski definition) is 11. The Hall–Kier alpha value is -4.86. The number of nitrogens with one attached hydrogen (secondary N) is 4. The minimum atomic E-state index is -1.32. The Balaban J connectivity index is 1.54. The average Bonchev–Trinajstić information content (AvgIpc) is 3.86. The van der Waals surface area contributed by atoms with Crippen LogP contribution >= 0.6 is 22.7 Å². The summed E-state index contributed by atoms with van der Waals surface area (Å²) in [6.07, 6.45) is 0.757. The topological polar surface area (TPSA) is 181 Å². The fourth-order valence-electron chi connectivity index (χ4n) is 5.39. The lowest BCUT2D eigenvalue weighted by atomic mass is 9.91. The zero-order chi connectivity index (χ0) is 37.5. The van der Waals surface area contributed by atoms with Crippen LogP contribution in [0.1, 0.15) is 48.8 Å². The van der Waals surface area contributed by atoms with Crippen LogP contribution in [0.3, 0.4) is 0 Å². The van der Waals surface area contributed by atoms with E-state index >= 15 is 0 Å². The van der Waals surface area contributed by atoms with E-state index < -0.39 is 54.3 Å². The zero-order valence-corrected chi connectivity index (χ0v) is 31.2. The van der Waals surface area contributed by atoms with Crippen LogP contribution in [-0.2, 0) is 45.1 Å². The molecule has 0 radical (unpaired) electrons. The molecule has 0 spiro atoms. The van der Waals surface area contributed by atoms with Gasteiger partial charge in [-0.05, 0) is 35.8 Å². The first kappa shape index (κ1) is 39.9. The Morgan fingerprint density at radius 2 is 1.02 bits per heavy atom. The van der Waals surface area contributed by atoms with Crippen molar-refractivity contribution >= 4 is 46.7 Å². The van der Waals surface area contributed by atoms with Crippen LogP contribution in [0, 0.1) is 11.8 Å². The number of carbonyl (C=O) groups excluding carboxylic acids is 4. The van der Waals surface area contributed by atoms with E-state index in [-0.39, 0.29) is 37.9 Å². The number of nitrogens with zero attached hydrogens (tertiary/aromatic N) is 2. The van der Waals surface area contributed by atoms with Gasteiger partial charge in [-0.1, -0.05) is 88.4 Å². The number of hydrogen-bond donors (Lipinski definition) is 5. The summed E-state index contributed by atoms with van der Waals surface area (Å²) >= 11 is 2.68. The van der Waals surface area contributed by atoms with Crippen molar-refractivity contribution < 1.29 is 33.8 Å². The van der Waals surface area contributed by atoms with Crippen molar-refractivity contribution in [3.63, 3.8) is 0 Å². The summed E-state index contributed by atoms with van der Waals surface area (Å²) < 4.78 is 10.6. The van der Waals surface area contributed by atoms with Gasteiger partial charge < -0.3 is 35.8 Å². The summed E-state index contributed by atoms with van der Waals surface area (Å²) in [5, 5.41) is 28.1. The molecule has 0 saturated carbocycles. The van der Waals surface area contributed by atoms with Gasteiger partial charge in [0.15, 0.2) is 0 Å². The van der Waals surface area contributed by atoms with Gasteiger partial charge in [0.25, 0.3) is 0 Å². The summed E-state index contributed by atoms with van der Waals surface area (Å²) in [6.45, 7) is 7.06. The van der Waals surface area contributed by atoms with Crippen LogP contribution < -0.4 is 21.3 Å². The van der Waals surface area contributed by atoms with E-state index in [1.807, 2.05) is 60.7 Å². The highest BCUT2D eigenvalue weighted by molar-refractivity contribution is 7.09. The summed E-state index contributed by atoms with van der Waals surface area (Å²) in [4.78, 5) is 61.4. The van der Waals surface area contributed by atoms with Gasteiger partial charge in [0, 0.05) is 23.2 Å². The SMILES string of the molecule is CC(C)[C@H](NC(=O)OCc1nccs1)C(=O)NC(Cc1ccccc1)C(O)C(Cc1ccccc1)NC(=O)[C@@H](NC(=O)OCc1nccs1)C(C)C. The lowest BCUT2D eigenvalue weighted by Crippen LogP contribution is -2.61. The van der Waals surface area contributed by atoms with Gasteiger partial charge in [-0.3, -0.25) is 9.59 Å². The van der Waals surface area contributed by atoms with E-state index in [0.717, 1.165) is 11.1 Å². The van der Waals surface area contributed by atoms with Gasteiger partial charge in [-0.15, -0.1) is 22.7 Å². The third-order valence-corrected chi connectivity index (χ3v) is 9.65. The van der Waals surface area contributed by atoms with Crippen molar-refractivity contribution in [2.24, 2.45) is 11.8 Å². The molecule has 4 rings (SSSR count). The van der Waals surface area contributed by atoms with Crippen LogP contribution in [0.25, 0.3) is 0 Å². The first-order valence-electron chi connectivity index (χ1n) is 17.0. The number of aliphatic hydroxyl groups excluding tert-OH is 1. The van der Waals surface area contributed by atoms with Crippen molar-refractivity contribution in [3.05, 3.63) is 105 Å². The molecule has 0 aliphatic rings. The molecule has 2 aromatic carbocycles. The smallest absolute Gasteiger partial charge is 0.408 e. The van der Waals surface area contributed by atoms with Gasteiger partial charge >= 0.3 is 12.2 Å². The maximum atomic E-state index is 13.9. The molecule has 0 saturated heterocycles. The summed E-state index contributed by atoms with van der Waals surface area (Å²) in [7, 11) is 0. The minimum absolute atomic E-state index is 0.0397. The Kier molecular flexibility index (Phi) is 15.5. The monoisotopic (exact) mass is 750 g/mol. The first-order valence-corrected chi connectivity index (χ1v) is 18.8. The highest BCUT2D eigenvalue weighted by Gasteiger charge is 2.36. The molecule has 13 nitrogen and oxygen atoms in total. The summed E-state index contributed by atoms with van der Waals surface area (Å²) in [5.41, 5.74) is 1.66. The second kappa shape index (κ2) is 20.2. The van der Waals surface area contributed by atoms with Crippen molar-refractivity contribution in [3.8, 4) is 0 Å². The van der Waals surface area contributed by atoms with E-state index in [4.69, 9.17) is 9.47 Å². The van der Waals surface area contributed by atoms with Gasteiger partial charge in [0.2, 0.25) is 11.8 Å². The standard InChI is InChI=1S/C37H46N6O7S2/c1-23(2)31(42-36(47)49-21-29-38-15-17-51-29)34(45)40-27(19-25-11-7-5-8-12-25)33(44)28(20-26-13-9-6-10-14-26)41-35(46)32(24(3)4)43-37(48)50-22-30-39-16-18-52-30/h5-18,23-24,27-28,31-33,44H,19-22H2,1-4H3,(H,40,45)(H,41,46)(H,42,47)(H,43,48)/t27?,28?,31-,32-,33?/m0/s1. The quantitative estimate of drug-likeness (QED) is 0.0970. The minimum Gasteiger partial charge on any atom is -0.442 e. The fourth-order valence-corrected chi connectivity index (χ4v) is 6.44. The molecule has 0 aliphatic heterocycles. The van der Waals surface area contributed by atoms with Crippen LogP contribution in [0.5, 0.6) is 0 Å². The lowest BCUT2D eigenvalue weighted by molar-refractivity contribution is -0.126. The molecule has 278 valence electrons. The molecule has 2 unspecified atom stereocenters. The Morgan fingerprint density at radius 1 is 0.635 bits per heavy atom. The van der Waals surface area contributed by atoms with Crippen LogP contribution in [0.2, 0.25) is 0 Å². The Morgan fingerprint density at radius 3 is 1.35 bits per heavy atom. The molecule has 4 atom stereocenters. The lowest BCUT2D eigenvalue weighted by Gasteiger charge is -2.34. The van der Waals surface area contributed by atoms with Gasteiger partial charge in [-0.2, -0.15) is 0 Å². The van der Waals surface area contributed by atoms with Crippen LogP contribution in [-0.4, -0.2) is 69.3 Å². The number of rotatable bonds is 18. The van der Waals surface area contributed by atoms with Crippen molar-refractivity contribution in [1.29, 1.82) is 0 Å². The van der Waals surface area contributed by atoms with Crippen molar-refractivity contribution in [2.45, 2.75) is 84.0 Å². The third-order valence-electron chi connectivity index (χ3n) is 8.14. The van der Waals surface area contributed by atoms with E-state index in [2.05, 4.69) is 31.2 Å². The van der Waals surface area contributed by atoms with E-state index in [0.29, 0.717) is 10.0 Å². The maximum absolute atomic E-state index is 13.9. The molecule has 5 N–H and O–H groups in total. The molecule has 2 heterocycles. The highest BCUT2D eigenvalue weighted by Crippen LogP contribution is 2.16. The number of aromatic nitrogens is 2. The average molecular weight is 751 g/mol. The second-order valence-electron chi connectivity index (χ2n) is 12.8. The summed E-state index contributed by atoms with van der Waals surface area (Å²) in [6, 6.07) is 14.8. The molecule has 0 fully saturated rings. The molecule has 0 aliphatic carbocycles. The highest BCUT2D eigenvalue weighted by atomic mass is 32.1.